The van der Waals surface area contributed by atoms with Gasteiger partial charge in [-0.05, 0) is 42.7 Å². The molecule has 4 nitrogen and oxygen atoms in total. The van der Waals surface area contributed by atoms with E-state index in [-0.39, 0.29) is 40.2 Å². The summed E-state index contributed by atoms with van der Waals surface area (Å²) >= 11 is 0. The van der Waals surface area contributed by atoms with E-state index in [0.29, 0.717) is 5.75 Å². The first kappa shape index (κ1) is 27.2. The molecule has 6 heteroatoms. The van der Waals surface area contributed by atoms with Crippen LogP contribution >= 0.6 is 0 Å². The standard InChI is InChI=1S/C24H34O4S.Na/c1-2-3-4-5-6-7-8-9-10-12-15-21-18-19-23(24(20-21)29(25,26)27)28-22-16-13-11-14-17-22;/h11,13-14,16-20H,2-10,12,15H2,1H3,(H,25,26,27);/q;+1/p-1. The Labute approximate surface area is 204 Å². The van der Waals surface area contributed by atoms with E-state index >= 15 is 0 Å². The second-order valence-corrected chi connectivity index (χ2v) is 8.93. The molecule has 2 aromatic carbocycles. The van der Waals surface area contributed by atoms with Crippen LogP contribution in [0.1, 0.15) is 76.7 Å². The average molecular weight is 441 g/mol. The minimum Gasteiger partial charge on any atom is -0.744 e. The Balaban J connectivity index is 0.00000450. The van der Waals surface area contributed by atoms with E-state index < -0.39 is 10.1 Å². The molecule has 2 rings (SSSR count). The van der Waals surface area contributed by atoms with Crippen molar-refractivity contribution in [3.8, 4) is 11.5 Å². The number of benzene rings is 2. The number of rotatable bonds is 14. The molecule has 0 fully saturated rings. The summed E-state index contributed by atoms with van der Waals surface area (Å²) in [5.41, 5.74) is 0.861. The second kappa shape index (κ2) is 15.0. The maximum absolute atomic E-state index is 11.7. The van der Waals surface area contributed by atoms with Gasteiger partial charge in [-0.2, -0.15) is 0 Å². The van der Waals surface area contributed by atoms with Gasteiger partial charge in [-0.1, -0.05) is 89.0 Å². The van der Waals surface area contributed by atoms with Gasteiger partial charge in [0.2, 0.25) is 0 Å². The summed E-state index contributed by atoms with van der Waals surface area (Å²) < 4.78 is 40.7. The maximum Gasteiger partial charge on any atom is 1.00 e. The molecule has 0 spiro atoms. The van der Waals surface area contributed by atoms with Gasteiger partial charge in [0.05, 0.1) is 4.90 Å². The number of hydrogen-bond acceptors (Lipinski definition) is 4. The molecular formula is C24H33NaO4S. The van der Waals surface area contributed by atoms with E-state index in [9.17, 15) is 13.0 Å². The van der Waals surface area contributed by atoms with E-state index in [2.05, 4.69) is 6.92 Å². The van der Waals surface area contributed by atoms with Crippen molar-refractivity contribution in [2.75, 3.05) is 0 Å². The molecule has 0 aliphatic heterocycles. The Morgan fingerprint density at radius 3 is 1.93 bits per heavy atom. The minimum atomic E-state index is -4.60. The van der Waals surface area contributed by atoms with Crippen molar-refractivity contribution in [2.24, 2.45) is 0 Å². The predicted molar refractivity (Wildman–Crippen MR) is 116 cm³/mol. The molecule has 0 N–H and O–H groups in total. The van der Waals surface area contributed by atoms with Gasteiger partial charge >= 0.3 is 29.6 Å². The third-order valence-electron chi connectivity index (χ3n) is 5.07. The van der Waals surface area contributed by atoms with E-state index in [1.165, 1.54) is 57.4 Å². The van der Waals surface area contributed by atoms with Crippen LogP contribution in [0.15, 0.2) is 53.4 Å². The monoisotopic (exact) mass is 440 g/mol. The van der Waals surface area contributed by atoms with Crippen molar-refractivity contribution in [2.45, 2.75) is 82.4 Å². The average Bonchev–Trinajstić information content (AvgIpc) is 2.70. The van der Waals surface area contributed by atoms with Gasteiger partial charge in [0.1, 0.15) is 21.6 Å². The third-order valence-corrected chi connectivity index (χ3v) is 5.93. The molecule has 0 saturated carbocycles. The number of aryl methyl sites for hydroxylation is 1. The maximum atomic E-state index is 11.7. The Kier molecular flexibility index (Phi) is 13.6. The van der Waals surface area contributed by atoms with Crippen molar-refractivity contribution < 1.29 is 47.3 Å². The fraction of sp³-hybridized carbons (Fsp3) is 0.500. The van der Waals surface area contributed by atoms with Crippen molar-refractivity contribution in [1.82, 2.24) is 0 Å². The molecule has 30 heavy (non-hydrogen) atoms. The summed E-state index contributed by atoms with van der Waals surface area (Å²) in [5.74, 6) is 0.581. The van der Waals surface area contributed by atoms with Gasteiger partial charge < -0.3 is 9.29 Å². The van der Waals surface area contributed by atoms with Crippen LogP contribution in [-0.2, 0) is 16.5 Å². The van der Waals surface area contributed by atoms with Crippen LogP contribution < -0.4 is 34.3 Å². The summed E-state index contributed by atoms with van der Waals surface area (Å²) in [6.07, 6.45) is 13.3. The molecule has 2 aromatic rings. The van der Waals surface area contributed by atoms with Crippen molar-refractivity contribution >= 4 is 10.1 Å². The van der Waals surface area contributed by atoms with Crippen molar-refractivity contribution in [3.63, 3.8) is 0 Å². The molecular weight excluding hydrogens is 407 g/mol. The van der Waals surface area contributed by atoms with E-state index in [0.717, 1.165) is 24.8 Å². The molecule has 0 saturated heterocycles. The quantitative estimate of drug-likeness (QED) is 0.254. The van der Waals surface area contributed by atoms with Crippen molar-refractivity contribution in [1.29, 1.82) is 0 Å². The van der Waals surface area contributed by atoms with Crippen LogP contribution in [0, 0.1) is 0 Å². The SMILES string of the molecule is CCCCCCCCCCCCc1ccc(Oc2ccccc2)c(S(=O)(=O)[O-])c1.[Na+]. The molecule has 0 aromatic heterocycles. The summed E-state index contributed by atoms with van der Waals surface area (Å²) in [7, 11) is -4.60. The molecule has 160 valence electrons. The van der Waals surface area contributed by atoms with Gasteiger partial charge in [0.25, 0.3) is 0 Å². The second-order valence-electron chi connectivity index (χ2n) is 7.58. The first-order valence-corrected chi connectivity index (χ1v) is 12.2. The zero-order valence-electron chi connectivity index (χ0n) is 18.4. The van der Waals surface area contributed by atoms with Crippen LogP contribution in [0.3, 0.4) is 0 Å². The first-order valence-electron chi connectivity index (χ1n) is 10.8. The van der Waals surface area contributed by atoms with Crippen LogP contribution in [0.25, 0.3) is 0 Å². The Morgan fingerprint density at radius 1 is 0.800 bits per heavy atom. The van der Waals surface area contributed by atoms with Crippen LogP contribution in [-0.4, -0.2) is 13.0 Å². The molecule has 0 bridgehead atoms. The number of ether oxygens (including phenoxy) is 1. The summed E-state index contributed by atoms with van der Waals surface area (Å²) in [6.45, 7) is 2.24. The van der Waals surface area contributed by atoms with Gasteiger partial charge in [-0.25, -0.2) is 8.42 Å². The Hall–Kier alpha value is -0.850. The summed E-state index contributed by atoms with van der Waals surface area (Å²) in [4.78, 5) is -0.286. The molecule has 0 aliphatic rings. The smallest absolute Gasteiger partial charge is 0.744 e. The first-order chi connectivity index (χ1) is 14.0. The van der Waals surface area contributed by atoms with E-state index in [4.69, 9.17) is 4.74 Å². The largest absolute Gasteiger partial charge is 1.00 e. The van der Waals surface area contributed by atoms with Crippen LogP contribution in [0.4, 0.5) is 0 Å². The normalized spacial score (nSPS) is 11.1. The number of hydrogen-bond donors (Lipinski definition) is 0. The molecule has 0 aliphatic carbocycles. The van der Waals surface area contributed by atoms with E-state index in [1.807, 2.05) is 12.1 Å². The number of para-hydroxylation sites is 1. The molecule has 0 radical (unpaired) electrons. The third kappa shape index (κ3) is 10.5. The Morgan fingerprint density at radius 2 is 1.37 bits per heavy atom. The number of unbranched alkanes of at least 4 members (excludes halogenated alkanes) is 9. The molecule has 0 amide bonds. The minimum absolute atomic E-state index is 0. The van der Waals surface area contributed by atoms with Crippen molar-refractivity contribution in [3.05, 3.63) is 54.1 Å². The summed E-state index contributed by atoms with van der Waals surface area (Å²) in [6, 6.07) is 13.8. The fourth-order valence-corrected chi connectivity index (χ4v) is 4.07. The van der Waals surface area contributed by atoms with Crippen LogP contribution in [0.5, 0.6) is 11.5 Å². The van der Waals surface area contributed by atoms with Gasteiger partial charge in [0, 0.05) is 0 Å². The summed E-state index contributed by atoms with van der Waals surface area (Å²) in [5, 5.41) is 0. The predicted octanol–water partition coefficient (Wildman–Crippen LogP) is 3.85. The topological polar surface area (TPSA) is 66.4 Å². The van der Waals surface area contributed by atoms with E-state index in [1.54, 1.807) is 30.3 Å². The molecule has 0 atom stereocenters. The van der Waals surface area contributed by atoms with Gasteiger partial charge in [-0.3, -0.25) is 0 Å². The molecule has 0 heterocycles. The molecule has 0 unspecified atom stereocenters. The van der Waals surface area contributed by atoms with Gasteiger partial charge in [-0.15, -0.1) is 0 Å². The fourth-order valence-electron chi connectivity index (χ4n) is 3.42. The van der Waals surface area contributed by atoms with Crippen LogP contribution in [0.2, 0.25) is 0 Å². The van der Waals surface area contributed by atoms with Gasteiger partial charge in [0.15, 0.2) is 0 Å². The zero-order valence-corrected chi connectivity index (χ0v) is 21.3. The Bertz CT molecular complexity index is 822. The zero-order chi connectivity index (χ0) is 21.0.